The second-order valence-corrected chi connectivity index (χ2v) is 8.24. The van der Waals surface area contributed by atoms with Crippen molar-refractivity contribution in [1.29, 1.82) is 0 Å². The molecule has 0 aliphatic carbocycles. The van der Waals surface area contributed by atoms with Crippen molar-refractivity contribution >= 4 is 17.6 Å². The Balaban J connectivity index is 2.22. The monoisotopic (exact) mass is 510 g/mol. The predicted molar refractivity (Wildman–Crippen MR) is 122 cm³/mol. The molecule has 35 heavy (non-hydrogen) atoms. The minimum atomic E-state index is -4.81. The molecule has 1 unspecified atom stereocenters. The summed E-state index contributed by atoms with van der Waals surface area (Å²) in [7, 11) is 0. The summed E-state index contributed by atoms with van der Waals surface area (Å²) in [5.74, 6) is -2.01. The van der Waals surface area contributed by atoms with Crippen LogP contribution in [0.25, 0.3) is 0 Å². The molecule has 1 heterocycles. The van der Waals surface area contributed by atoms with Gasteiger partial charge in [-0.15, -0.1) is 0 Å². The molecule has 0 aliphatic heterocycles. The first kappa shape index (κ1) is 26.6. The Morgan fingerprint density at radius 1 is 1.11 bits per heavy atom. The molecule has 3 aromatic rings. The molecule has 0 saturated heterocycles. The first-order chi connectivity index (χ1) is 16.5. The van der Waals surface area contributed by atoms with Crippen molar-refractivity contribution in [2.24, 2.45) is 0 Å². The number of rotatable bonds is 9. The number of hydrogen-bond donors (Lipinski definition) is 2. The number of nitrogens with one attached hydrogen (secondary N) is 1. The van der Waals surface area contributed by atoms with E-state index in [2.05, 4.69) is 10.3 Å². The third kappa shape index (κ3) is 6.56. The van der Waals surface area contributed by atoms with Crippen LogP contribution in [-0.2, 0) is 27.7 Å². The van der Waals surface area contributed by atoms with Crippen LogP contribution in [0.2, 0.25) is 5.02 Å². The highest BCUT2D eigenvalue weighted by atomic mass is 35.5. The summed E-state index contributed by atoms with van der Waals surface area (Å²) in [6.45, 7) is 1.19. The zero-order chi connectivity index (χ0) is 25.6. The van der Waals surface area contributed by atoms with Gasteiger partial charge >= 0.3 is 12.1 Å². The third-order valence-corrected chi connectivity index (χ3v) is 5.57. The van der Waals surface area contributed by atoms with Gasteiger partial charge in [-0.1, -0.05) is 41.9 Å². The SMILES string of the molecule is CCOC(=O)C(O)CN[C@@](Cc1ccccc1)(c1cc(F)cc(C(F)(F)F)c1)c1ccc(Cl)cn1. The number of alkyl halides is 3. The Kier molecular flexibility index (Phi) is 8.47. The number of esters is 1. The second kappa shape index (κ2) is 11.2. The normalized spacial score (nSPS) is 14.3. The lowest BCUT2D eigenvalue weighted by Gasteiger charge is -2.36. The fourth-order valence-electron chi connectivity index (χ4n) is 3.72. The van der Waals surface area contributed by atoms with Crippen molar-refractivity contribution in [2.45, 2.75) is 31.2 Å². The fraction of sp³-hybridized carbons (Fsp3) is 0.280. The van der Waals surface area contributed by atoms with Crippen LogP contribution < -0.4 is 5.32 Å². The van der Waals surface area contributed by atoms with E-state index in [1.165, 1.54) is 18.3 Å². The summed E-state index contributed by atoms with van der Waals surface area (Å²) in [5, 5.41) is 13.6. The minimum Gasteiger partial charge on any atom is -0.464 e. The first-order valence-corrected chi connectivity index (χ1v) is 11.1. The molecule has 5 nitrogen and oxygen atoms in total. The van der Waals surface area contributed by atoms with Crippen LogP contribution in [-0.4, -0.2) is 35.3 Å². The van der Waals surface area contributed by atoms with Gasteiger partial charge in [-0.25, -0.2) is 9.18 Å². The maximum absolute atomic E-state index is 14.5. The third-order valence-electron chi connectivity index (χ3n) is 5.35. The van der Waals surface area contributed by atoms with Crippen molar-refractivity contribution in [2.75, 3.05) is 13.2 Å². The molecule has 2 atom stereocenters. The highest BCUT2D eigenvalue weighted by Gasteiger charge is 2.40. The molecule has 0 amide bonds. The quantitative estimate of drug-likeness (QED) is 0.317. The van der Waals surface area contributed by atoms with Gasteiger partial charge in [0.2, 0.25) is 0 Å². The average Bonchev–Trinajstić information content (AvgIpc) is 2.82. The fourth-order valence-corrected chi connectivity index (χ4v) is 3.83. The Labute approximate surface area is 204 Å². The molecule has 0 fully saturated rings. The Hall–Kier alpha value is -3.01. The van der Waals surface area contributed by atoms with Gasteiger partial charge in [0.05, 0.1) is 28.4 Å². The number of pyridine rings is 1. The summed E-state index contributed by atoms with van der Waals surface area (Å²) >= 11 is 5.99. The number of aliphatic hydroxyl groups excluding tert-OH is 1. The molecule has 1 aromatic heterocycles. The second-order valence-electron chi connectivity index (χ2n) is 7.80. The molecule has 0 radical (unpaired) electrons. The maximum Gasteiger partial charge on any atom is 0.416 e. The molecule has 0 spiro atoms. The minimum absolute atomic E-state index is 0.0127. The highest BCUT2D eigenvalue weighted by molar-refractivity contribution is 6.30. The van der Waals surface area contributed by atoms with E-state index in [9.17, 15) is 27.5 Å². The van der Waals surface area contributed by atoms with E-state index in [0.29, 0.717) is 11.6 Å². The number of carbonyl (C=O) groups excluding carboxylic acids is 1. The summed E-state index contributed by atoms with van der Waals surface area (Å²) in [6, 6.07) is 13.9. The van der Waals surface area contributed by atoms with Gasteiger partial charge in [0.1, 0.15) is 5.82 Å². The number of carbonyl (C=O) groups is 1. The number of ether oxygens (including phenoxy) is 1. The lowest BCUT2D eigenvalue weighted by Crippen LogP contribution is -2.50. The van der Waals surface area contributed by atoms with E-state index in [1.54, 1.807) is 37.3 Å². The summed E-state index contributed by atoms with van der Waals surface area (Å²) in [4.78, 5) is 16.3. The highest BCUT2D eigenvalue weighted by Crippen LogP contribution is 2.37. The molecule has 2 N–H and O–H groups in total. The Morgan fingerprint density at radius 3 is 2.40 bits per heavy atom. The predicted octanol–water partition coefficient (Wildman–Crippen LogP) is 4.89. The van der Waals surface area contributed by atoms with Crippen LogP contribution in [0.4, 0.5) is 17.6 Å². The standard InChI is InChI=1S/C25H23ClF4N2O3/c1-2-35-23(34)21(33)15-32-24(13-16-6-4-3-5-7-16,22-9-8-19(26)14-31-22)17-10-18(25(28,29)30)12-20(27)11-17/h3-12,14,21,32-33H,2,13,15H2,1H3/t21?,24-/m0/s1. The Bertz CT molecular complexity index is 1140. The largest absolute Gasteiger partial charge is 0.464 e. The van der Waals surface area contributed by atoms with Crippen molar-refractivity contribution < 1.29 is 32.2 Å². The number of benzene rings is 2. The van der Waals surface area contributed by atoms with Crippen LogP contribution in [0, 0.1) is 5.82 Å². The molecule has 186 valence electrons. The van der Waals surface area contributed by atoms with Crippen LogP contribution in [0.5, 0.6) is 0 Å². The summed E-state index contributed by atoms with van der Waals surface area (Å²) < 4.78 is 60.2. The smallest absolute Gasteiger partial charge is 0.416 e. The number of hydrogen-bond acceptors (Lipinski definition) is 5. The van der Waals surface area contributed by atoms with E-state index in [4.69, 9.17) is 16.3 Å². The van der Waals surface area contributed by atoms with Gasteiger partial charge in [-0.05, 0) is 48.4 Å². The lowest BCUT2D eigenvalue weighted by molar-refractivity contribution is -0.152. The van der Waals surface area contributed by atoms with Crippen LogP contribution in [0.15, 0.2) is 66.9 Å². The van der Waals surface area contributed by atoms with E-state index in [1.807, 2.05) is 0 Å². The molecular weight excluding hydrogens is 488 g/mol. The van der Waals surface area contributed by atoms with E-state index in [-0.39, 0.29) is 29.3 Å². The molecule has 0 bridgehead atoms. The first-order valence-electron chi connectivity index (χ1n) is 10.7. The van der Waals surface area contributed by atoms with E-state index < -0.39 is 41.7 Å². The summed E-state index contributed by atoms with van der Waals surface area (Å²) in [6.07, 6.45) is -5.12. The van der Waals surface area contributed by atoms with Crippen molar-refractivity contribution in [3.05, 3.63) is 100 Å². The lowest BCUT2D eigenvalue weighted by atomic mass is 9.79. The maximum atomic E-state index is 14.5. The number of nitrogens with zero attached hydrogens (tertiary/aromatic N) is 1. The molecule has 0 saturated carbocycles. The van der Waals surface area contributed by atoms with E-state index >= 15 is 0 Å². The van der Waals surface area contributed by atoms with Gasteiger partial charge in [0.15, 0.2) is 6.10 Å². The van der Waals surface area contributed by atoms with Crippen molar-refractivity contribution in [1.82, 2.24) is 10.3 Å². The van der Waals surface area contributed by atoms with Crippen molar-refractivity contribution in [3.63, 3.8) is 0 Å². The topological polar surface area (TPSA) is 71.5 Å². The zero-order valence-corrected chi connectivity index (χ0v) is 19.4. The molecule has 10 heteroatoms. The van der Waals surface area contributed by atoms with Gasteiger partial charge in [0, 0.05) is 19.2 Å². The Morgan fingerprint density at radius 2 is 1.80 bits per heavy atom. The van der Waals surface area contributed by atoms with Gasteiger partial charge in [-0.2, -0.15) is 13.2 Å². The van der Waals surface area contributed by atoms with Gasteiger partial charge in [0.25, 0.3) is 0 Å². The van der Waals surface area contributed by atoms with Crippen LogP contribution >= 0.6 is 11.6 Å². The molecule has 3 rings (SSSR count). The van der Waals surface area contributed by atoms with E-state index in [0.717, 1.165) is 12.1 Å². The molecule has 2 aromatic carbocycles. The van der Waals surface area contributed by atoms with Crippen molar-refractivity contribution in [3.8, 4) is 0 Å². The number of aromatic nitrogens is 1. The van der Waals surface area contributed by atoms with Gasteiger partial charge in [-0.3, -0.25) is 10.3 Å². The molecular formula is C25H23ClF4N2O3. The number of aliphatic hydroxyl groups is 1. The zero-order valence-electron chi connectivity index (χ0n) is 18.7. The summed E-state index contributed by atoms with van der Waals surface area (Å²) in [5.41, 5.74) is -1.98. The van der Waals surface area contributed by atoms with Crippen LogP contribution in [0.1, 0.15) is 29.3 Å². The van der Waals surface area contributed by atoms with Crippen LogP contribution in [0.3, 0.4) is 0 Å². The molecule has 0 aliphatic rings. The average molecular weight is 511 g/mol. The van der Waals surface area contributed by atoms with Gasteiger partial charge < -0.3 is 9.84 Å². The number of halogens is 5.